The molecule has 0 bridgehead atoms. The van der Waals surface area contributed by atoms with Gasteiger partial charge in [0, 0.05) is 31.1 Å². The minimum Gasteiger partial charge on any atom is -0.447 e. The van der Waals surface area contributed by atoms with Crippen LogP contribution >= 0.6 is 0 Å². The maximum absolute atomic E-state index is 12.2. The third-order valence-electron chi connectivity index (χ3n) is 5.50. The van der Waals surface area contributed by atoms with E-state index in [1.807, 2.05) is 17.0 Å². The number of hydrogen-bond acceptors (Lipinski definition) is 4. The predicted octanol–water partition coefficient (Wildman–Crippen LogP) is 0.879. The molecule has 3 aliphatic rings. The van der Waals surface area contributed by atoms with Gasteiger partial charge in [0.2, 0.25) is 11.8 Å². The molecular formula is C18H21N3O4. The monoisotopic (exact) mass is 343 g/mol. The van der Waals surface area contributed by atoms with E-state index in [0.29, 0.717) is 25.6 Å². The molecule has 25 heavy (non-hydrogen) atoms. The second-order valence-corrected chi connectivity index (χ2v) is 7.05. The smallest absolute Gasteiger partial charge is 0.414 e. The summed E-state index contributed by atoms with van der Waals surface area (Å²) in [6.45, 7) is 3.93. The molecule has 4 rings (SSSR count). The highest BCUT2D eigenvalue weighted by molar-refractivity contribution is 5.89. The highest BCUT2D eigenvalue weighted by atomic mass is 16.6. The molecule has 2 saturated heterocycles. The van der Waals surface area contributed by atoms with E-state index in [1.54, 1.807) is 4.90 Å². The van der Waals surface area contributed by atoms with Crippen LogP contribution in [-0.4, -0.2) is 55.6 Å². The number of likely N-dealkylation sites (tertiary alicyclic amines) is 1. The van der Waals surface area contributed by atoms with Crippen molar-refractivity contribution in [2.75, 3.05) is 37.7 Å². The Morgan fingerprint density at radius 3 is 2.72 bits per heavy atom. The van der Waals surface area contributed by atoms with Crippen LogP contribution in [0.1, 0.15) is 18.9 Å². The zero-order valence-corrected chi connectivity index (χ0v) is 14.2. The first-order chi connectivity index (χ1) is 12.0. The number of rotatable bonds is 4. The Kier molecular flexibility index (Phi) is 3.67. The van der Waals surface area contributed by atoms with Gasteiger partial charge in [-0.2, -0.15) is 0 Å². The van der Waals surface area contributed by atoms with Crippen molar-refractivity contribution in [3.05, 3.63) is 29.8 Å². The number of cyclic esters (lactones) is 1. The number of benzene rings is 1. The molecule has 7 heteroatoms. The summed E-state index contributed by atoms with van der Waals surface area (Å²) in [5, 5.41) is 2.57. The highest BCUT2D eigenvalue weighted by Crippen LogP contribution is 2.59. The Morgan fingerprint density at radius 2 is 2.08 bits per heavy atom. The Morgan fingerprint density at radius 1 is 1.32 bits per heavy atom. The number of hydrogen-bond donors (Lipinski definition) is 1. The van der Waals surface area contributed by atoms with E-state index in [2.05, 4.69) is 17.4 Å². The van der Waals surface area contributed by atoms with Crippen LogP contribution in [0.5, 0.6) is 0 Å². The van der Waals surface area contributed by atoms with Crippen LogP contribution in [0.15, 0.2) is 24.3 Å². The molecule has 3 amide bonds. The molecule has 7 nitrogen and oxygen atoms in total. The number of carbonyl (C=O) groups excluding carboxylic acids is 3. The van der Waals surface area contributed by atoms with E-state index in [-0.39, 0.29) is 29.9 Å². The number of carbonyl (C=O) groups is 3. The minimum atomic E-state index is -0.300. The number of anilines is 1. The van der Waals surface area contributed by atoms with Crippen molar-refractivity contribution >= 4 is 23.6 Å². The number of fused-ring (bicyclic) bond motifs is 1. The summed E-state index contributed by atoms with van der Waals surface area (Å²) in [5.41, 5.74) is 2.09. The van der Waals surface area contributed by atoms with Gasteiger partial charge in [0.25, 0.3) is 0 Å². The summed E-state index contributed by atoms with van der Waals surface area (Å²) in [4.78, 5) is 38.3. The van der Waals surface area contributed by atoms with Crippen molar-refractivity contribution in [2.24, 2.45) is 5.92 Å². The average molecular weight is 343 g/mol. The zero-order chi connectivity index (χ0) is 17.6. The number of ether oxygens (including phenoxy) is 1. The van der Waals surface area contributed by atoms with E-state index < -0.39 is 0 Å². The Hall–Kier alpha value is -2.57. The van der Waals surface area contributed by atoms with Crippen molar-refractivity contribution in [3.63, 3.8) is 0 Å². The van der Waals surface area contributed by atoms with E-state index in [9.17, 15) is 14.4 Å². The molecule has 1 aromatic rings. The SMILES string of the molecule is CC(=O)NCC(=O)N1CC2CC2(c2ccc(N3CCOC3=O)cc2)C1. The van der Waals surface area contributed by atoms with E-state index in [0.717, 1.165) is 18.7 Å². The van der Waals surface area contributed by atoms with Gasteiger partial charge in [-0.15, -0.1) is 0 Å². The molecule has 2 unspecified atom stereocenters. The van der Waals surface area contributed by atoms with Crippen molar-refractivity contribution in [1.82, 2.24) is 10.2 Å². The van der Waals surface area contributed by atoms with Crippen LogP contribution < -0.4 is 10.2 Å². The molecule has 0 aromatic heterocycles. The summed E-state index contributed by atoms with van der Waals surface area (Å²) in [7, 11) is 0. The lowest BCUT2D eigenvalue weighted by Crippen LogP contribution is -2.40. The molecule has 2 aliphatic heterocycles. The normalized spacial score (nSPS) is 27.1. The van der Waals surface area contributed by atoms with Gasteiger partial charge in [-0.1, -0.05) is 12.1 Å². The third kappa shape index (κ3) is 2.73. The molecule has 2 atom stereocenters. The fourth-order valence-corrected chi connectivity index (χ4v) is 4.03. The Labute approximate surface area is 145 Å². The third-order valence-corrected chi connectivity index (χ3v) is 5.50. The second kappa shape index (κ2) is 5.75. The number of nitrogens with one attached hydrogen (secondary N) is 1. The molecular weight excluding hydrogens is 322 g/mol. The van der Waals surface area contributed by atoms with Crippen molar-refractivity contribution < 1.29 is 19.1 Å². The van der Waals surface area contributed by atoms with Gasteiger partial charge in [0.05, 0.1) is 13.1 Å². The van der Waals surface area contributed by atoms with Crippen molar-refractivity contribution in [1.29, 1.82) is 0 Å². The summed E-state index contributed by atoms with van der Waals surface area (Å²) in [6, 6.07) is 8.02. The zero-order valence-electron chi connectivity index (χ0n) is 14.2. The van der Waals surface area contributed by atoms with E-state index in [1.165, 1.54) is 12.5 Å². The maximum Gasteiger partial charge on any atom is 0.414 e. The van der Waals surface area contributed by atoms with E-state index >= 15 is 0 Å². The standard InChI is InChI=1S/C18H21N3O4/c1-12(22)19-9-16(23)20-10-14-8-18(14,11-20)13-2-4-15(5-3-13)21-6-7-25-17(21)24/h2-5,14H,6-11H2,1H3,(H,19,22). The van der Waals surface area contributed by atoms with Crippen LogP contribution in [0.2, 0.25) is 0 Å². The molecule has 3 fully saturated rings. The first-order valence-corrected chi connectivity index (χ1v) is 8.57. The maximum atomic E-state index is 12.2. The summed E-state index contributed by atoms with van der Waals surface area (Å²) in [5.74, 6) is 0.262. The van der Waals surface area contributed by atoms with Gasteiger partial charge in [0.1, 0.15) is 6.61 Å². The molecule has 0 spiro atoms. The van der Waals surface area contributed by atoms with Crippen LogP contribution in [0.3, 0.4) is 0 Å². The molecule has 132 valence electrons. The highest BCUT2D eigenvalue weighted by Gasteiger charge is 2.61. The fraction of sp³-hybridized carbons (Fsp3) is 0.500. The van der Waals surface area contributed by atoms with Crippen LogP contribution in [0, 0.1) is 5.92 Å². The van der Waals surface area contributed by atoms with Crippen molar-refractivity contribution in [2.45, 2.75) is 18.8 Å². The van der Waals surface area contributed by atoms with Gasteiger partial charge in [-0.3, -0.25) is 14.5 Å². The fourth-order valence-electron chi connectivity index (χ4n) is 4.03. The predicted molar refractivity (Wildman–Crippen MR) is 90.2 cm³/mol. The van der Waals surface area contributed by atoms with Gasteiger partial charge < -0.3 is 15.0 Å². The first-order valence-electron chi connectivity index (χ1n) is 8.57. The molecule has 0 radical (unpaired) electrons. The van der Waals surface area contributed by atoms with Gasteiger partial charge in [-0.05, 0) is 30.0 Å². The summed E-state index contributed by atoms with van der Waals surface area (Å²) in [6.07, 6.45) is 0.785. The lowest BCUT2D eigenvalue weighted by Gasteiger charge is -2.22. The summed E-state index contributed by atoms with van der Waals surface area (Å²) < 4.78 is 4.97. The second-order valence-electron chi connectivity index (χ2n) is 7.05. The van der Waals surface area contributed by atoms with Crippen LogP contribution in [0.4, 0.5) is 10.5 Å². The number of piperidine rings is 1. The molecule has 1 N–H and O–H groups in total. The largest absolute Gasteiger partial charge is 0.447 e. The average Bonchev–Trinajstić information content (AvgIpc) is 2.93. The molecule has 1 aromatic carbocycles. The molecule has 2 heterocycles. The van der Waals surface area contributed by atoms with Crippen molar-refractivity contribution in [3.8, 4) is 0 Å². The molecule has 1 aliphatic carbocycles. The van der Waals surface area contributed by atoms with E-state index in [4.69, 9.17) is 4.74 Å². The van der Waals surface area contributed by atoms with Gasteiger partial charge in [0.15, 0.2) is 0 Å². The number of amides is 3. The van der Waals surface area contributed by atoms with Gasteiger partial charge >= 0.3 is 6.09 Å². The number of nitrogens with zero attached hydrogens (tertiary/aromatic N) is 2. The van der Waals surface area contributed by atoms with Crippen LogP contribution in [-0.2, 0) is 19.7 Å². The first kappa shape index (κ1) is 15.9. The van der Waals surface area contributed by atoms with Gasteiger partial charge in [-0.25, -0.2) is 4.79 Å². The topological polar surface area (TPSA) is 79.0 Å². The quantitative estimate of drug-likeness (QED) is 0.880. The molecule has 1 saturated carbocycles. The Balaban J connectivity index is 1.43. The summed E-state index contributed by atoms with van der Waals surface area (Å²) >= 11 is 0. The lowest BCUT2D eigenvalue weighted by atomic mass is 9.94. The van der Waals surface area contributed by atoms with Crippen LogP contribution in [0.25, 0.3) is 0 Å². The Bertz CT molecular complexity index is 732. The lowest BCUT2D eigenvalue weighted by molar-refractivity contribution is -0.132. The minimum absolute atomic E-state index is 0.0294.